The van der Waals surface area contributed by atoms with Gasteiger partial charge in [-0.25, -0.2) is 0 Å². The van der Waals surface area contributed by atoms with E-state index in [-0.39, 0.29) is 39.1 Å². The van der Waals surface area contributed by atoms with Crippen LogP contribution in [-0.2, 0) is 0 Å². The van der Waals surface area contributed by atoms with Gasteiger partial charge >= 0.3 is 0 Å². The van der Waals surface area contributed by atoms with Crippen molar-refractivity contribution in [3.8, 4) is 23.0 Å². The van der Waals surface area contributed by atoms with Crippen LogP contribution < -0.4 is 0 Å². The second-order valence-corrected chi connectivity index (χ2v) is 7.90. The molecule has 6 nitrogen and oxygen atoms in total. The third kappa shape index (κ3) is 2.59. The molecule has 1 unspecified atom stereocenters. The van der Waals surface area contributed by atoms with Gasteiger partial charge in [0.05, 0.1) is 22.1 Å². The summed E-state index contributed by atoms with van der Waals surface area (Å²) >= 11 is 0. The van der Waals surface area contributed by atoms with Crippen molar-refractivity contribution in [1.82, 2.24) is 0 Å². The SMILES string of the molecule is CC(c1ccccc1)c1cc(O)c2c(O)c3c(c(O)c2c1)C(=O)c1cccc(O)c1C3=O. The number of ketones is 2. The fraction of sp³-hybridized carbons (Fsp3) is 0.0769. The van der Waals surface area contributed by atoms with E-state index in [1.165, 1.54) is 24.3 Å². The highest BCUT2D eigenvalue weighted by Crippen LogP contribution is 2.49. The average Bonchev–Trinajstić information content (AvgIpc) is 2.79. The van der Waals surface area contributed by atoms with Gasteiger partial charge in [-0.05, 0) is 29.3 Å². The maximum Gasteiger partial charge on any atom is 0.202 e. The number of carbonyl (C=O) groups is 2. The van der Waals surface area contributed by atoms with Crippen LogP contribution in [0.15, 0.2) is 60.7 Å². The molecule has 4 aromatic rings. The molecule has 0 bridgehead atoms. The van der Waals surface area contributed by atoms with Crippen LogP contribution in [0.4, 0.5) is 0 Å². The smallest absolute Gasteiger partial charge is 0.202 e. The average molecular weight is 426 g/mol. The first-order chi connectivity index (χ1) is 15.3. The molecule has 0 aromatic heterocycles. The largest absolute Gasteiger partial charge is 0.507 e. The summed E-state index contributed by atoms with van der Waals surface area (Å²) < 4.78 is 0. The number of phenolic OH excluding ortho intramolecular Hbond substituents is 4. The lowest BCUT2D eigenvalue weighted by Crippen LogP contribution is -2.21. The molecular weight excluding hydrogens is 408 g/mol. The fourth-order valence-corrected chi connectivity index (χ4v) is 4.43. The quantitative estimate of drug-likeness (QED) is 0.307. The van der Waals surface area contributed by atoms with Gasteiger partial charge in [0.1, 0.15) is 23.0 Å². The lowest BCUT2D eigenvalue weighted by Gasteiger charge is -2.23. The summed E-state index contributed by atoms with van der Waals surface area (Å²) in [5, 5.41) is 42.8. The molecule has 0 heterocycles. The lowest BCUT2D eigenvalue weighted by atomic mass is 9.80. The van der Waals surface area contributed by atoms with Gasteiger partial charge in [0.25, 0.3) is 0 Å². The first kappa shape index (κ1) is 19.6. The molecule has 5 rings (SSSR count). The van der Waals surface area contributed by atoms with Crippen LogP contribution >= 0.6 is 0 Å². The zero-order chi connectivity index (χ0) is 22.7. The molecule has 158 valence electrons. The summed E-state index contributed by atoms with van der Waals surface area (Å²) in [6.07, 6.45) is 0. The van der Waals surface area contributed by atoms with Gasteiger partial charge in [0, 0.05) is 16.9 Å². The van der Waals surface area contributed by atoms with Gasteiger partial charge < -0.3 is 20.4 Å². The van der Waals surface area contributed by atoms with Gasteiger partial charge in [0.15, 0.2) is 5.78 Å². The molecule has 0 amide bonds. The summed E-state index contributed by atoms with van der Waals surface area (Å²) in [6, 6.07) is 16.7. The third-order valence-electron chi connectivity index (χ3n) is 6.12. The number of benzene rings is 4. The maximum absolute atomic E-state index is 13.2. The van der Waals surface area contributed by atoms with Crippen LogP contribution in [0.1, 0.15) is 55.8 Å². The van der Waals surface area contributed by atoms with Crippen molar-refractivity contribution in [2.75, 3.05) is 0 Å². The Balaban J connectivity index is 1.80. The van der Waals surface area contributed by atoms with Crippen LogP contribution in [-0.4, -0.2) is 32.0 Å². The maximum atomic E-state index is 13.2. The number of hydrogen-bond donors (Lipinski definition) is 4. The molecule has 1 atom stereocenters. The lowest BCUT2D eigenvalue weighted by molar-refractivity contribution is 0.0972. The first-order valence-electron chi connectivity index (χ1n) is 10.0. The Morgan fingerprint density at radius 1 is 0.656 bits per heavy atom. The number of aromatic hydroxyl groups is 4. The van der Waals surface area contributed by atoms with Crippen LogP contribution in [0.25, 0.3) is 10.8 Å². The van der Waals surface area contributed by atoms with Crippen molar-refractivity contribution in [3.05, 3.63) is 94.0 Å². The van der Waals surface area contributed by atoms with E-state index in [1.807, 2.05) is 37.3 Å². The Hall–Kier alpha value is -4.32. The highest BCUT2D eigenvalue weighted by molar-refractivity contribution is 6.33. The highest BCUT2D eigenvalue weighted by Gasteiger charge is 2.38. The van der Waals surface area contributed by atoms with Crippen LogP contribution in [0.2, 0.25) is 0 Å². The monoisotopic (exact) mass is 426 g/mol. The van der Waals surface area contributed by atoms with E-state index in [0.29, 0.717) is 5.56 Å². The molecule has 0 aliphatic heterocycles. The van der Waals surface area contributed by atoms with Gasteiger partial charge in [0.2, 0.25) is 5.78 Å². The molecule has 1 aliphatic carbocycles. The highest BCUT2D eigenvalue weighted by atomic mass is 16.3. The standard InChI is InChI=1S/C26H18O6/c1-12(13-6-3-2-4-7-13)14-10-16-20(18(28)11-14)26(32)22-21(24(16)30)23(29)15-8-5-9-17(27)19(15)25(22)31/h2-12,27-28,30,32H,1H3. The van der Waals surface area contributed by atoms with E-state index in [4.69, 9.17) is 0 Å². The molecule has 0 radical (unpaired) electrons. The summed E-state index contributed by atoms with van der Waals surface area (Å²) in [7, 11) is 0. The molecule has 4 N–H and O–H groups in total. The predicted molar refractivity (Wildman–Crippen MR) is 118 cm³/mol. The van der Waals surface area contributed by atoms with Crippen molar-refractivity contribution in [1.29, 1.82) is 0 Å². The summed E-state index contributed by atoms with van der Waals surface area (Å²) in [5.41, 5.74) is 0.546. The van der Waals surface area contributed by atoms with E-state index in [0.717, 1.165) is 5.56 Å². The summed E-state index contributed by atoms with van der Waals surface area (Å²) in [6.45, 7) is 1.93. The van der Waals surface area contributed by atoms with Gasteiger partial charge in [-0.15, -0.1) is 0 Å². The minimum Gasteiger partial charge on any atom is -0.507 e. The molecule has 32 heavy (non-hydrogen) atoms. The number of hydrogen-bond acceptors (Lipinski definition) is 6. The van der Waals surface area contributed by atoms with E-state index >= 15 is 0 Å². The molecule has 1 aliphatic rings. The van der Waals surface area contributed by atoms with Crippen molar-refractivity contribution in [3.63, 3.8) is 0 Å². The zero-order valence-electron chi connectivity index (χ0n) is 17.0. The van der Waals surface area contributed by atoms with Crippen LogP contribution in [0.5, 0.6) is 23.0 Å². The van der Waals surface area contributed by atoms with Crippen LogP contribution in [0, 0.1) is 0 Å². The zero-order valence-corrected chi connectivity index (χ0v) is 17.0. The molecule has 0 saturated carbocycles. The first-order valence-corrected chi connectivity index (χ1v) is 10.0. The van der Waals surface area contributed by atoms with Gasteiger partial charge in [-0.3, -0.25) is 9.59 Å². The molecular formula is C26H18O6. The molecule has 6 heteroatoms. The molecule has 4 aromatic carbocycles. The minimum absolute atomic E-state index is 0.0591. The normalized spacial score (nSPS) is 13.7. The molecule has 0 spiro atoms. The van der Waals surface area contributed by atoms with Crippen molar-refractivity contribution in [2.24, 2.45) is 0 Å². The Bertz CT molecular complexity index is 1450. The second kappa shape index (κ2) is 6.85. The number of carbonyl (C=O) groups excluding carboxylic acids is 2. The Kier molecular flexibility index (Phi) is 4.20. The number of rotatable bonds is 2. The number of phenols is 4. The third-order valence-corrected chi connectivity index (χ3v) is 6.12. The fourth-order valence-electron chi connectivity index (χ4n) is 4.43. The topological polar surface area (TPSA) is 115 Å². The van der Waals surface area contributed by atoms with Crippen LogP contribution in [0.3, 0.4) is 0 Å². The van der Waals surface area contributed by atoms with Crippen molar-refractivity contribution >= 4 is 22.3 Å². The van der Waals surface area contributed by atoms with E-state index in [2.05, 4.69) is 0 Å². The van der Waals surface area contributed by atoms with E-state index < -0.39 is 34.4 Å². The minimum atomic E-state index is -0.802. The van der Waals surface area contributed by atoms with Crippen molar-refractivity contribution in [2.45, 2.75) is 12.8 Å². The van der Waals surface area contributed by atoms with Gasteiger partial charge in [-0.1, -0.05) is 49.4 Å². The van der Waals surface area contributed by atoms with Gasteiger partial charge in [-0.2, -0.15) is 0 Å². The molecule has 0 saturated heterocycles. The Morgan fingerprint density at radius 3 is 2.06 bits per heavy atom. The Morgan fingerprint density at radius 2 is 1.34 bits per heavy atom. The molecule has 0 fully saturated rings. The number of fused-ring (bicyclic) bond motifs is 3. The Labute approximate surface area is 182 Å². The van der Waals surface area contributed by atoms with E-state index in [9.17, 15) is 30.0 Å². The summed E-state index contributed by atoms with van der Waals surface area (Å²) in [4.78, 5) is 26.2. The second-order valence-electron chi connectivity index (χ2n) is 7.90. The predicted octanol–water partition coefficient (Wildman–Crippen LogP) is 4.59. The summed E-state index contributed by atoms with van der Waals surface area (Å²) in [5.74, 6) is -3.50. The van der Waals surface area contributed by atoms with Crippen molar-refractivity contribution < 1.29 is 30.0 Å². The van der Waals surface area contributed by atoms with E-state index in [1.54, 1.807) is 6.07 Å².